The zero-order valence-corrected chi connectivity index (χ0v) is 8.97. The van der Waals surface area contributed by atoms with Gasteiger partial charge in [-0.05, 0) is 37.6 Å². The van der Waals surface area contributed by atoms with Crippen molar-refractivity contribution in [1.82, 2.24) is 0 Å². The topological polar surface area (TPSA) is 41.8 Å². The smallest absolute Gasteiger partial charge is 0.119 e. The second kappa shape index (κ2) is 5.86. The van der Waals surface area contributed by atoms with Gasteiger partial charge in [0.05, 0.1) is 12.3 Å². The summed E-state index contributed by atoms with van der Waals surface area (Å²) in [4.78, 5) is 0. The fourth-order valence-corrected chi connectivity index (χ4v) is 1.09. The molecular weight excluding hydrogens is 190 g/mol. The zero-order chi connectivity index (χ0) is 11.1. The summed E-state index contributed by atoms with van der Waals surface area (Å²) in [7, 11) is 0. The van der Waals surface area contributed by atoms with Crippen molar-refractivity contribution in [3.05, 3.63) is 35.9 Å². The van der Waals surface area contributed by atoms with Crippen molar-refractivity contribution in [2.45, 2.75) is 13.8 Å². The molecule has 0 spiro atoms. The van der Waals surface area contributed by atoms with Crippen molar-refractivity contribution in [2.24, 2.45) is 5.16 Å². The first-order chi connectivity index (χ1) is 7.26. The van der Waals surface area contributed by atoms with Crippen LogP contribution in [0.1, 0.15) is 19.4 Å². The van der Waals surface area contributed by atoms with Gasteiger partial charge in [-0.2, -0.15) is 0 Å². The molecule has 80 valence electrons. The summed E-state index contributed by atoms with van der Waals surface area (Å²) >= 11 is 0. The first kappa shape index (κ1) is 11.3. The summed E-state index contributed by atoms with van der Waals surface area (Å²) in [6, 6.07) is 7.72. The molecule has 0 aromatic heterocycles. The fourth-order valence-electron chi connectivity index (χ4n) is 1.09. The number of benzene rings is 1. The molecule has 1 rings (SSSR count). The van der Waals surface area contributed by atoms with Crippen LogP contribution in [0.2, 0.25) is 0 Å². The molecule has 15 heavy (non-hydrogen) atoms. The zero-order valence-electron chi connectivity index (χ0n) is 8.97. The second-order valence-electron chi connectivity index (χ2n) is 3.08. The first-order valence-electron chi connectivity index (χ1n) is 4.86. The lowest BCUT2D eigenvalue weighted by Crippen LogP contribution is -1.90. The Labute approximate surface area is 89.7 Å². The summed E-state index contributed by atoms with van der Waals surface area (Å²) in [6.45, 7) is 4.35. The van der Waals surface area contributed by atoms with E-state index in [0.29, 0.717) is 12.3 Å². The standard InChI is InChI=1S/C12H15NO2/c1-3-15-12-8-6-11(7-9-12)5-4-10(2)13-14/h4-9,14H,3H2,1-2H3/b5-4+,13-10-. The van der Waals surface area contributed by atoms with E-state index in [1.54, 1.807) is 13.0 Å². The maximum atomic E-state index is 8.44. The molecule has 0 saturated carbocycles. The average Bonchev–Trinajstić information content (AvgIpc) is 2.28. The predicted molar refractivity (Wildman–Crippen MR) is 61.5 cm³/mol. The minimum Gasteiger partial charge on any atom is -0.494 e. The Hall–Kier alpha value is -1.77. The van der Waals surface area contributed by atoms with E-state index < -0.39 is 0 Å². The Bertz CT molecular complexity index is 352. The molecular formula is C12H15NO2. The van der Waals surface area contributed by atoms with E-state index in [-0.39, 0.29) is 0 Å². The molecule has 0 aliphatic rings. The Kier molecular flexibility index (Phi) is 4.41. The van der Waals surface area contributed by atoms with E-state index in [9.17, 15) is 0 Å². The Morgan fingerprint density at radius 1 is 1.40 bits per heavy atom. The average molecular weight is 205 g/mol. The fraction of sp³-hybridized carbons (Fsp3) is 0.250. The predicted octanol–water partition coefficient (Wildman–Crippen LogP) is 2.95. The van der Waals surface area contributed by atoms with Gasteiger partial charge in [-0.15, -0.1) is 0 Å². The summed E-state index contributed by atoms with van der Waals surface area (Å²) < 4.78 is 5.32. The van der Waals surface area contributed by atoms with Gasteiger partial charge in [0.15, 0.2) is 0 Å². The SMILES string of the molecule is CCOc1ccc(/C=C/C(C)=N\O)cc1. The molecule has 0 bridgehead atoms. The van der Waals surface area contributed by atoms with Crippen LogP contribution < -0.4 is 4.74 Å². The van der Waals surface area contributed by atoms with Gasteiger partial charge < -0.3 is 9.94 Å². The summed E-state index contributed by atoms with van der Waals surface area (Å²) in [5, 5.41) is 11.5. The molecule has 0 saturated heterocycles. The van der Waals surface area contributed by atoms with Crippen LogP contribution in [0.4, 0.5) is 0 Å². The number of rotatable bonds is 4. The largest absolute Gasteiger partial charge is 0.494 e. The van der Waals surface area contributed by atoms with Gasteiger partial charge in [-0.3, -0.25) is 0 Å². The van der Waals surface area contributed by atoms with E-state index in [1.807, 2.05) is 37.3 Å². The van der Waals surface area contributed by atoms with Gasteiger partial charge in [0.25, 0.3) is 0 Å². The van der Waals surface area contributed by atoms with Gasteiger partial charge >= 0.3 is 0 Å². The van der Waals surface area contributed by atoms with Crippen molar-refractivity contribution in [1.29, 1.82) is 0 Å². The van der Waals surface area contributed by atoms with Crippen molar-refractivity contribution in [2.75, 3.05) is 6.61 Å². The van der Waals surface area contributed by atoms with Gasteiger partial charge in [0, 0.05) is 0 Å². The third-order valence-electron chi connectivity index (χ3n) is 1.87. The number of allylic oxidation sites excluding steroid dienone is 1. The van der Waals surface area contributed by atoms with Crippen LogP contribution in [0.5, 0.6) is 5.75 Å². The minimum absolute atomic E-state index is 0.573. The summed E-state index contributed by atoms with van der Waals surface area (Å²) in [5.74, 6) is 0.863. The minimum atomic E-state index is 0.573. The van der Waals surface area contributed by atoms with Crippen LogP contribution >= 0.6 is 0 Å². The van der Waals surface area contributed by atoms with Crippen LogP contribution in [0.25, 0.3) is 6.08 Å². The quantitative estimate of drug-likeness (QED) is 0.466. The highest BCUT2D eigenvalue weighted by molar-refractivity contribution is 5.95. The van der Waals surface area contributed by atoms with Crippen LogP contribution in [-0.2, 0) is 0 Å². The van der Waals surface area contributed by atoms with Gasteiger partial charge in [-0.25, -0.2) is 0 Å². The summed E-state index contributed by atoms with van der Waals surface area (Å²) in [6.07, 6.45) is 3.63. The maximum absolute atomic E-state index is 8.44. The highest BCUT2D eigenvalue weighted by atomic mass is 16.5. The maximum Gasteiger partial charge on any atom is 0.119 e. The molecule has 0 atom stereocenters. The molecule has 0 aliphatic heterocycles. The second-order valence-corrected chi connectivity index (χ2v) is 3.08. The number of nitrogens with zero attached hydrogens (tertiary/aromatic N) is 1. The molecule has 0 radical (unpaired) electrons. The lowest BCUT2D eigenvalue weighted by molar-refractivity contribution is 0.319. The first-order valence-corrected chi connectivity index (χ1v) is 4.86. The van der Waals surface area contributed by atoms with E-state index in [1.165, 1.54) is 0 Å². The third kappa shape index (κ3) is 3.85. The molecule has 1 aromatic rings. The highest BCUT2D eigenvalue weighted by Crippen LogP contribution is 2.12. The van der Waals surface area contributed by atoms with Gasteiger partial charge in [0.2, 0.25) is 0 Å². The molecule has 1 aromatic carbocycles. The van der Waals surface area contributed by atoms with E-state index >= 15 is 0 Å². The van der Waals surface area contributed by atoms with Crippen LogP contribution in [0.15, 0.2) is 35.5 Å². The lowest BCUT2D eigenvalue weighted by atomic mass is 10.2. The van der Waals surface area contributed by atoms with Crippen LogP contribution in [0, 0.1) is 0 Å². The van der Waals surface area contributed by atoms with Gasteiger partial charge in [-0.1, -0.05) is 23.4 Å². The highest BCUT2D eigenvalue weighted by Gasteiger charge is 1.91. The van der Waals surface area contributed by atoms with Gasteiger partial charge in [0.1, 0.15) is 5.75 Å². The Balaban J connectivity index is 2.68. The van der Waals surface area contributed by atoms with Crippen molar-refractivity contribution in [3.63, 3.8) is 0 Å². The molecule has 1 N–H and O–H groups in total. The molecule has 0 aliphatic carbocycles. The number of hydrogen-bond acceptors (Lipinski definition) is 3. The normalized spacial score (nSPS) is 12.0. The van der Waals surface area contributed by atoms with Crippen LogP contribution in [0.3, 0.4) is 0 Å². The van der Waals surface area contributed by atoms with E-state index in [0.717, 1.165) is 11.3 Å². The molecule has 0 fully saturated rings. The Morgan fingerprint density at radius 2 is 2.07 bits per heavy atom. The van der Waals surface area contributed by atoms with Crippen LogP contribution in [-0.4, -0.2) is 17.5 Å². The van der Waals surface area contributed by atoms with Crippen molar-refractivity contribution in [3.8, 4) is 5.75 Å². The number of ether oxygens (including phenoxy) is 1. The molecule has 3 heteroatoms. The molecule has 3 nitrogen and oxygen atoms in total. The number of oxime groups is 1. The molecule has 0 amide bonds. The monoisotopic (exact) mass is 205 g/mol. The molecule has 0 heterocycles. The summed E-state index contributed by atoms with van der Waals surface area (Å²) in [5.41, 5.74) is 1.62. The molecule has 0 unspecified atom stereocenters. The van der Waals surface area contributed by atoms with Crippen molar-refractivity contribution < 1.29 is 9.94 Å². The van der Waals surface area contributed by atoms with E-state index in [4.69, 9.17) is 9.94 Å². The lowest BCUT2D eigenvalue weighted by Gasteiger charge is -2.02. The third-order valence-corrected chi connectivity index (χ3v) is 1.87. The Morgan fingerprint density at radius 3 is 2.60 bits per heavy atom. The number of hydrogen-bond donors (Lipinski definition) is 1. The van der Waals surface area contributed by atoms with Crippen molar-refractivity contribution >= 4 is 11.8 Å². The van der Waals surface area contributed by atoms with E-state index in [2.05, 4.69) is 5.16 Å².